The Labute approximate surface area is 197 Å². The van der Waals surface area contributed by atoms with Crippen LogP contribution >= 0.6 is 12.2 Å². The molecule has 0 bridgehead atoms. The van der Waals surface area contributed by atoms with Crippen LogP contribution in [0.1, 0.15) is 23.6 Å². The largest absolute Gasteiger partial charge is 0.507 e. The molecule has 1 heterocycles. The zero-order valence-electron chi connectivity index (χ0n) is 18.1. The van der Waals surface area contributed by atoms with Crippen molar-refractivity contribution < 1.29 is 9.84 Å². The fourth-order valence-corrected chi connectivity index (χ4v) is 4.53. The maximum atomic E-state index is 10.5. The number of fused-ring (bicyclic) bond motifs is 1. The molecule has 33 heavy (non-hydrogen) atoms. The second-order valence-electron chi connectivity index (χ2n) is 7.86. The minimum absolute atomic E-state index is 0.115. The Morgan fingerprint density at radius 1 is 1.00 bits per heavy atom. The summed E-state index contributed by atoms with van der Waals surface area (Å²) in [6, 6.07) is 29.4. The van der Waals surface area contributed by atoms with Crippen molar-refractivity contribution >= 4 is 39.5 Å². The van der Waals surface area contributed by atoms with E-state index in [1.807, 2.05) is 59.6 Å². The van der Waals surface area contributed by atoms with Gasteiger partial charge in [-0.05, 0) is 52.8 Å². The molecule has 164 valence electrons. The standard InChI is InChI=1S/C27H23N3O2S/c1-32-20-11-7-10-19(16-20)28-27(33)30-25(17-24(29-30)23-13-4-5-15-26(23)31)22-14-6-9-18-8-2-3-12-21(18)22/h2-16,25,31H,17H2,1H3,(H,28,33). The van der Waals surface area contributed by atoms with Crippen molar-refractivity contribution in [3.05, 3.63) is 102 Å². The van der Waals surface area contributed by atoms with Crippen molar-refractivity contribution in [2.45, 2.75) is 12.5 Å². The zero-order valence-corrected chi connectivity index (χ0v) is 18.9. The molecule has 0 radical (unpaired) electrons. The topological polar surface area (TPSA) is 57.1 Å². The Bertz CT molecular complexity index is 1360. The summed E-state index contributed by atoms with van der Waals surface area (Å²) in [7, 11) is 1.64. The van der Waals surface area contributed by atoms with Crippen molar-refractivity contribution in [2.75, 3.05) is 12.4 Å². The molecule has 4 aromatic rings. The molecular weight excluding hydrogens is 430 g/mol. The molecule has 2 N–H and O–H groups in total. The molecule has 1 aliphatic rings. The smallest absolute Gasteiger partial charge is 0.194 e. The predicted octanol–water partition coefficient (Wildman–Crippen LogP) is 6.10. The minimum Gasteiger partial charge on any atom is -0.507 e. The number of nitrogens with one attached hydrogen (secondary N) is 1. The van der Waals surface area contributed by atoms with Gasteiger partial charge < -0.3 is 15.2 Å². The van der Waals surface area contributed by atoms with Crippen LogP contribution in [0.15, 0.2) is 96.1 Å². The van der Waals surface area contributed by atoms with Crippen LogP contribution in [0.25, 0.3) is 10.8 Å². The number of rotatable bonds is 4. The summed E-state index contributed by atoms with van der Waals surface area (Å²) in [5.74, 6) is 0.953. The van der Waals surface area contributed by atoms with Gasteiger partial charge in [0.2, 0.25) is 0 Å². The van der Waals surface area contributed by atoms with Gasteiger partial charge in [-0.2, -0.15) is 5.10 Å². The number of hydrazone groups is 1. The number of phenols is 1. The van der Waals surface area contributed by atoms with Crippen LogP contribution < -0.4 is 10.1 Å². The van der Waals surface area contributed by atoms with Crippen LogP contribution in [-0.2, 0) is 0 Å². The van der Waals surface area contributed by atoms with E-state index in [2.05, 4.69) is 35.6 Å². The normalized spacial score (nSPS) is 15.4. The van der Waals surface area contributed by atoms with E-state index in [9.17, 15) is 5.11 Å². The van der Waals surface area contributed by atoms with Gasteiger partial charge >= 0.3 is 0 Å². The first-order valence-electron chi connectivity index (χ1n) is 10.7. The van der Waals surface area contributed by atoms with E-state index in [0.29, 0.717) is 11.5 Å². The number of thiocarbonyl (C=S) groups is 1. The van der Waals surface area contributed by atoms with E-state index in [1.54, 1.807) is 13.2 Å². The third-order valence-corrected chi connectivity index (χ3v) is 6.13. The summed E-state index contributed by atoms with van der Waals surface area (Å²) in [5, 5.41) is 23.3. The minimum atomic E-state index is -0.115. The third-order valence-electron chi connectivity index (χ3n) is 5.84. The zero-order chi connectivity index (χ0) is 22.8. The van der Waals surface area contributed by atoms with Crippen molar-refractivity contribution in [1.82, 2.24) is 5.01 Å². The van der Waals surface area contributed by atoms with Crippen molar-refractivity contribution in [3.63, 3.8) is 0 Å². The lowest BCUT2D eigenvalue weighted by molar-refractivity contribution is 0.377. The summed E-state index contributed by atoms with van der Waals surface area (Å²) in [6.45, 7) is 0. The van der Waals surface area contributed by atoms with Crippen LogP contribution in [0.4, 0.5) is 5.69 Å². The average Bonchev–Trinajstić information content (AvgIpc) is 3.29. The van der Waals surface area contributed by atoms with Gasteiger partial charge in [0.1, 0.15) is 11.5 Å². The van der Waals surface area contributed by atoms with Crippen LogP contribution in [0.2, 0.25) is 0 Å². The Hall–Kier alpha value is -3.90. The summed E-state index contributed by atoms with van der Waals surface area (Å²) < 4.78 is 5.34. The van der Waals surface area contributed by atoms with Crippen LogP contribution in [-0.4, -0.2) is 28.0 Å². The molecule has 1 atom stereocenters. The van der Waals surface area contributed by atoms with E-state index in [0.717, 1.165) is 39.0 Å². The molecule has 1 aliphatic heterocycles. The van der Waals surface area contributed by atoms with Gasteiger partial charge in [0.15, 0.2) is 5.11 Å². The fraction of sp³-hybridized carbons (Fsp3) is 0.111. The monoisotopic (exact) mass is 453 g/mol. The first-order valence-corrected chi connectivity index (χ1v) is 11.1. The van der Waals surface area contributed by atoms with Gasteiger partial charge in [0.05, 0.1) is 18.9 Å². The SMILES string of the molecule is COc1cccc(NC(=S)N2N=C(c3ccccc3O)CC2c2cccc3ccccc23)c1. The Balaban J connectivity index is 1.55. The second-order valence-corrected chi connectivity index (χ2v) is 8.25. The molecule has 1 unspecified atom stereocenters. The number of methoxy groups -OCH3 is 1. The van der Waals surface area contributed by atoms with E-state index >= 15 is 0 Å². The second kappa shape index (κ2) is 8.92. The number of aromatic hydroxyl groups is 1. The highest BCUT2D eigenvalue weighted by atomic mass is 32.1. The van der Waals surface area contributed by atoms with Crippen LogP contribution in [0, 0.1) is 0 Å². The molecule has 0 saturated carbocycles. The summed E-state index contributed by atoms with van der Waals surface area (Å²) >= 11 is 5.82. The van der Waals surface area contributed by atoms with E-state index in [-0.39, 0.29) is 11.8 Å². The molecule has 0 amide bonds. The molecule has 0 aromatic heterocycles. The number of benzene rings is 4. The van der Waals surface area contributed by atoms with E-state index in [4.69, 9.17) is 22.1 Å². The van der Waals surface area contributed by atoms with Crippen LogP contribution in [0.3, 0.4) is 0 Å². The molecule has 5 rings (SSSR count). The lowest BCUT2D eigenvalue weighted by atomic mass is 9.94. The quantitative estimate of drug-likeness (QED) is 0.366. The Kier molecular flexibility index (Phi) is 5.67. The number of para-hydroxylation sites is 1. The summed E-state index contributed by atoms with van der Waals surface area (Å²) in [4.78, 5) is 0. The fourth-order valence-electron chi connectivity index (χ4n) is 4.24. The number of ether oxygens (including phenoxy) is 1. The van der Waals surface area contributed by atoms with Gasteiger partial charge in [-0.25, -0.2) is 5.01 Å². The third kappa shape index (κ3) is 4.13. The van der Waals surface area contributed by atoms with E-state index < -0.39 is 0 Å². The number of anilines is 1. The molecule has 4 aromatic carbocycles. The number of hydrogen-bond donors (Lipinski definition) is 2. The molecule has 6 heteroatoms. The highest BCUT2D eigenvalue weighted by molar-refractivity contribution is 7.80. The lowest BCUT2D eigenvalue weighted by Gasteiger charge is -2.26. The maximum absolute atomic E-state index is 10.5. The molecule has 0 fully saturated rings. The first-order chi connectivity index (χ1) is 16.1. The highest BCUT2D eigenvalue weighted by Gasteiger charge is 2.33. The van der Waals surface area contributed by atoms with Crippen LogP contribution in [0.5, 0.6) is 11.5 Å². The van der Waals surface area contributed by atoms with E-state index in [1.165, 1.54) is 0 Å². The van der Waals surface area contributed by atoms with Gasteiger partial charge in [-0.3, -0.25) is 0 Å². The lowest BCUT2D eigenvalue weighted by Crippen LogP contribution is -2.31. The van der Waals surface area contributed by atoms with Crippen molar-refractivity contribution in [2.24, 2.45) is 5.10 Å². The number of nitrogens with zero attached hydrogens (tertiary/aromatic N) is 2. The summed E-state index contributed by atoms with van der Waals surface area (Å²) in [6.07, 6.45) is 0.617. The first kappa shape index (κ1) is 21.0. The van der Waals surface area contributed by atoms with Gasteiger partial charge in [-0.1, -0.05) is 60.7 Å². The molecule has 0 aliphatic carbocycles. The Morgan fingerprint density at radius 2 is 1.76 bits per heavy atom. The van der Waals surface area contributed by atoms with Crippen molar-refractivity contribution in [1.29, 1.82) is 0 Å². The van der Waals surface area contributed by atoms with Gasteiger partial charge in [-0.15, -0.1) is 0 Å². The average molecular weight is 454 g/mol. The maximum Gasteiger partial charge on any atom is 0.194 e. The number of hydrogen-bond acceptors (Lipinski definition) is 4. The molecule has 5 nitrogen and oxygen atoms in total. The van der Waals surface area contributed by atoms with Gasteiger partial charge in [0, 0.05) is 23.7 Å². The molecular formula is C27H23N3O2S. The number of phenolic OH excluding ortho intramolecular Hbond substituents is 1. The molecule has 0 spiro atoms. The summed E-state index contributed by atoms with van der Waals surface area (Å²) in [5.41, 5.74) is 3.47. The predicted molar refractivity (Wildman–Crippen MR) is 137 cm³/mol. The molecule has 0 saturated heterocycles. The van der Waals surface area contributed by atoms with Crippen molar-refractivity contribution in [3.8, 4) is 11.5 Å². The van der Waals surface area contributed by atoms with Gasteiger partial charge in [0.25, 0.3) is 0 Å². The highest BCUT2D eigenvalue weighted by Crippen LogP contribution is 2.38. The Morgan fingerprint density at radius 3 is 2.61 bits per heavy atom.